The third-order valence-corrected chi connectivity index (χ3v) is 3.51. The summed E-state index contributed by atoms with van der Waals surface area (Å²) in [6.45, 7) is 0. The highest BCUT2D eigenvalue weighted by molar-refractivity contribution is 5.92. The molecule has 0 bridgehead atoms. The Hall–Kier alpha value is -0.370. The standard InChI is InChI=1S/C11H19NO/c12-11(7-8-11)10(13)9-5-3-1-2-4-6-9/h9H,1-8,12H2. The van der Waals surface area contributed by atoms with Crippen LogP contribution in [0.4, 0.5) is 0 Å². The van der Waals surface area contributed by atoms with Crippen molar-refractivity contribution in [3.8, 4) is 0 Å². The zero-order valence-electron chi connectivity index (χ0n) is 8.22. The van der Waals surface area contributed by atoms with Gasteiger partial charge in [0.05, 0.1) is 5.54 Å². The fourth-order valence-electron chi connectivity index (χ4n) is 2.33. The van der Waals surface area contributed by atoms with Gasteiger partial charge in [0.2, 0.25) is 0 Å². The van der Waals surface area contributed by atoms with Crippen molar-refractivity contribution < 1.29 is 4.79 Å². The second-order valence-electron chi connectivity index (χ2n) is 4.71. The molecule has 2 saturated carbocycles. The number of Topliss-reactive ketones (excluding diaryl/α,β-unsaturated/α-hetero) is 1. The second kappa shape index (κ2) is 3.41. The number of ketones is 1. The maximum atomic E-state index is 11.9. The summed E-state index contributed by atoms with van der Waals surface area (Å²) in [5.41, 5.74) is 5.54. The van der Waals surface area contributed by atoms with E-state index < -0.39 is 0 Å². The summed E-state index contributed by atoms with van der Waals surface area (Å²) in [6, 6.07) is 0. The van der Waals surface area contributed by atoms with E-state index in [1.807, 2.05) is 0 Å². The van der Waals surface area contributed by atoms with Crippen molar-refractivity contribution in [2.24, 2.45) is 11.7 Å². The number of carbonyl (C=O) groups excluding carboxylic acids is 1. The van der Waals surface area contributed by atoms with Crippen molar-refractivity contribution in [2.45, 2.75) is 56.9 Å². The van der Waals surface area contributed by atoms with Gasteiger partial charge in [-0.1, -0.05) is 25.7 Å². The molecule has 13 heavy (non-hydrogen) atoms. The highest BCUT2D eigenvalue weighted by atomic mass is 16.1. The van der Waals surface area contributed by atoms with Crippen molar-refractivity contribution >= 4 is 5.78 Å². The van der Waals surface area contributed by atoms with E-state index in [0.717, 1.165) is 25.7 Å². The number of hydrogen-bond acceptors (Lipinski definition) is 2. The summed E-state index contributed by atoms with van der Waals surface area (Å²) in [7, 11) is 0. The van der Waals surface area contributed by atoms with Crippen LogP contribution in [0.3, 0.4) is 0 Å². The molecule has 2 aliphatic carbocycles. The van der Waals surface area contributed by atoms with Crippen molar-refractivity contribution in [3.63, 3.8) is 0 Å². The van der Waals surface area contributed by atoms with Crippen LogP contribution in [0.2, 0.25) is 0 Å². The third kappa shape index (κ3) is 1.93. The molecule has 0 aliphatic heterocycles. The molecule has 0 saturated heterocycles. The smallest absolute Gasteiger partial charge is 0.155 e. The highest BCUT2D eigenvalue weighted by Gasteiger charge is 2.47. The van der Waals surface area contributed by atoms with Crippen molar-refractivity contribution in [1.29, 1.82) is 0 Å². The number of rotatable bonds is 2. The number of nitrogens with two attached hydrogens (primary N) is 1. The van der Waals surface area contributed by atoms with Gasteiger partial charge in [0.25, 0.3) is 0 Å². The van der Waals surface area contributed by atoms with Crippen LogP contribution in [-0.2, 0) is 4.79 Å². The minimum Gasteiger partial charge on any atom is -0.319 e. The van der Waals surface area contributed by atoms with Crippen molar-refractivity contribution in [3.05, 3.63) is 0 Å². The van der Waals surface area contributed by atoms with E-state index in [1.165, 1.54) is 25.7 Å². The molecule has 0 radical (unpaired) electrons. The van der Waals surface area contributed by atoms with Gasteiger partial charge in [0, 0.05) is 5.92 Å². The molecule has 2 rings (SSSR count). The highest BCUT2D eigenvalue weighted by Crippen LogP contribution is 2.38. The van der Waals surface area contributed by atoms with Crippen LogP contribution in [-0.4, -0.2) is 11.3 Å². The summed E-state index contributed by atoms with van der Waals surface area (Å²) in [6.07, 6.45) is 9.13. The quantitative estimate of drug-likeness (QED) is 0.662. The first kappa shape index (κ1) is 9.20. The Morgan fingerprint density at radius 1 is 1.08 bits per heavy atom. The number of carbonyl (C=O) groups is 1. The van der Waals surface area contributed by atoms with Gasteiger partial charge < -0.3 is 5.73 Å². The van der Waals surface area contributed by atoms with Crippen LogP contribution in [0.25, 0.3) is 0 Å². The monoisotopic (exact) mass is 181 g/mol. The third-order valence-electron chi connectivity index (χ3n) is 3.51. The van der Waals surface area contributed by atoms with Crippen LogP contribution in [0.15, 0.2) is 0 Å². The Kier molecular flexibility index (Phi) is 2.41. The first-order valence-corrected chi connectivity index (χ1v) is 5.56. The van der Waals surface area contributed by atoms with Gasteiger partial charge in [-0.2, -0.15) is 0 Å². The lowest BCUT2D eigenvalue weighted by Gasteiger charge is -2.16. The fraction of sp³-hybridized carbons (Fsp3) is 0.909. The SMILES string of the molecule is NC1(C(=O)C2CCCCCC2)CC1. The molecule has 0 heterocycles. The second-order valence-corrected chi connectivity index (χ2v) is 4.71. The van der Waals surface area contributed by atoms with E-state index in [-0.39, 0.29) is 5.54 Å². The molecule has 2 fully saturated rings. The first-order valence-electron chi connectivity index (χ1n) is 5.56. The average Bonchev–Trinajstić information content (AvgIpc) is 2.88. The molecule has 0 atom stereocenters. The average molecular weight is 181 g/mol. The maximum absolute atomic E-state index is 11.9. The van der Waals surface area contributed by atoms with Gasteiger partial charge >= 0.3 is 0 Å². The number of hydrogen-bond donors (Lipinski definition) is 1. The molecule has 0 amide bonds. The Balaban J connectivity index is 1.94. The molecule has 0 aromatic rings. The van der Waals surface area contributed by atoms with Gasteiger partial charge in [0.1, 0.15) is 0 Å². The fourth-order valence-corrected chi connectivity index (χ4v) is 2.33. The van der Waals surface area contributed by atoms with Crippen molar-refractivity contribution in [2.75, 3.05) is 0 Å². The van der Waals surface area contributed by atoms with E-state index in [1.54, 1.807) is 0 Å². The summed E-state index contributed by atoms with van der Waals surface area (Å²) in [5, 5.41) is 0. The topological polar surface area (TPSA) is 43.1 Å². The van der Waals surface area contributed by atoms with Gasteiger partial charge in [-0.25, -0.2) is 0 Å². The van der Waals surface area contributed by atoms with Crippen LogP contribution in [0.5, 0.6) is 0 Å². The molecule has 2 N–H and O–H groups in total. The summed E-state index contributed by atoms with van der Waals surface area (Å²) in [4.78, 5) is 11.9. The lowest BCUT2D eigenvalue weighted by molar-refractivity contribution is -0.125. The molecule has 2 aliphatic rings. The molecule has 2 nitrogen and oxygen atoms in total. The lowest BCUT2D eigenvalue weighted by Crippen LogP contribution is -2.37. The zero-order chi connectivity index (χ0) is 9.31. The van der Waals surface area contributed by atoms with E-state index in [9.17, 15) is 4.79 Å². The molecule has 2 heteroatoms. The van der Waals surface area contributed by atoms with Gasteiger partial charge in [0.15, 0.2) is 5.78 Å². The molecule has 0 aromatic carbocycles. The first-order chi connectivity index (χ1) is 6.22. The molecule has 0 spiro atoms. The normalized spacial score (nSPS) is 28.1. The molecular weight excluding hydrogens is 162 g/mol. The zero-order valence-corrected chi connectivity index (χ0v) is 8.22. The van der Waals surface area contributed by atoms with Crippen LogP contribution in [0, 0.1) is 5.92 Å². The van der Waals surface area contributed by atoms with E-state index in [2.05, 4.69) is 0 Å². The summed E-state index contributed by atoms with van der Waals surface area (Å²) >= 11 is 0. The maximum Gasteiger partial charge on any atom is 0.155 e. The molecule has 0 unspecified atom stereocenters. The van der Waals surface area contributed by atoms with Gasteiger partial charge in [-0.15, -0.1) is 0 Å². The lowest BCUT2D eigenvalue weighted by atomic mass is 9.90. The molecule has 74 valence electrons. The van der Waals surface area contributed by atoms with Crippen LogP contribution >= 0.6 is 0 Å². The Bertz CT molecular complexity index is 200. The van der Waals surface area contributed by atoms with E-state index >= 15 is 0 Å². The van der Waals surface area contributed by atoms with Gasteiger partial charge in [-0.05, 0) is 25.7 Å². The van der Waals surface area contributed by atoms with Crippen LogP contribution < -0.4 is 5.73 Å². The molecule has 0 aromatic heterocycles. The Labute approximate surface area is 79.9 Å². The molecular formula is C11H19NO. The summed E-state index contributed by atoms with van der Waals surface area (Å²) < 4.78 is 0. The minimum absolute atomic E-state index is 0.301. The van der Waals surface area contributed by atoms with E-state index in [4.69, 9.17) is 5.73 Å². The predicted octanol–water partition coefficient (Wildman–Crippen LogP) is 2.02. The van der Waals surface area contributed by atoms with E-state index in [0.29, 0.717) is 11.7 Å². The summed E-state index contributed by atoms with van der Waals surface area (Å²) in [5.74, 6) is 0.671. The largest absolute Gasteiger partial charge is 0.319 e. The predicted molar refractivity (Wildman–Crippen MR) is 52.4 cm³/mol. The van der Waals surface area contributed by atoms with Crippen molar-refractivity contribution in [1.82, 2.24) is 0 Å². The van der Waals surface area contributed by atoms with Gasteiger partial charge in [-0.3, -0.25) is 4.79 Å². The van der Waals surface area contributed by atoms with Crippen LogP contribution in [0.1, 0.15) is 51.4 Å². The minimum atomic E-state index is -0.380. The Morgan fingerprint density at radius 2 is 1.62 bits per heavy atom. The Morgan fingerprint density at radius 3 is 2.08 bits per heavy atom.